The maximum absolute atomic E-state index is 6.03. The lowest BCUT2D eigenvalue weighted by Gasteiger charge is -2.04. The summed E-state index contributed by atoms with van der Waals surface area (Å²) in [5.41, 5.74) is 7.03. The Morgan fingerprint density at radius 1 is 1.50 bits per heavy atom. The number of aromatic amines is 2. The van der Waals surface area contributed by atoms with Gasteiger partial charge >= 0.3 is 0 Å². The van der Waals surface area contributed by atoms with Crippen LogP contribution in [-0.2, 0) is 6.42 Å². The van der Waals surface area contributed by atoms with Crippen LogP contribution in [-0.4, -0.2) is 25.1 Å². The first kappa shape index (κ1) is 9.53. The summed E-state index contributed by atoms with van der Waals surface area (Å²) >= 11 is 0. The van der Waals surface area contributed by atoms with E-state index in [4.69, 9.17) is 5.73 Å². The SMILES string of the molecule is N[C@H](Cc1cnc[nH]1)c1n[nH]c(C2CC2)n1. The molecule has 4 N–H and O–H groups in total. The Hall–Kier alpha value is -1.69. The third kappa shape index (κ3) is 1.83. The van der Waals surface area contributed by atoms with Gasteiger partial charge in [0.2, 0.25) is 0 Å². The normalized spacial score (nSPS) is 17.6. The van der Waals surface area contributed by atoms with Crippen LogP contribution in [0.25, 0.3) is 0 Å². The third-order valence-electron chi connectivity index (χ3n) is 2.81. The Bertz CT molecular complexity index is 455. The minimum Gasteiger partial charge on any atom is -0.348 e. The zero-order valence-electron chi connectivity index (χ0n) is 8.85. The smallest absolute Gasteiger partial charge is 0.167 e. The Morgan fingerprint density at radius 3 is 3.06 bits per heavy atom. The number of nitrogens with two attached hydrogens (primary N) is 1. The van der Waals surface area contributed by atoms with Crippen molar-refractivity contribution in [3.8, 4) is 0 Å². The first-order valence-corrected chi connectivity index (χ1v) is 5.48. The molecule has 0 bridgehead atoms. The number of hydrogen-bond acceptors (Lipinski definition) is 4. The lowest BCUT2D eigenvalue weighted by atomic mass is 10.2. The van der Waals surface area contributed by atoms with Crippen LogP contribution in [0.15, 0.2) is 12.5 Å². The summed E-state index contributed by atoms with van der Waals surface area (Å²) in [7, 11) is 0. The van der Waals surface area contributed by atoms with Gasteiger partial charge in [-0.3, -0.25) is 5.10 Å². The average Bonchev–Trinajstić information content (AvgIpc) is 2.82. The zero-order valence-corrected chi connectivity index (χ0v) is 8.85. The van der Waals surface area contributed by atoms with Crippen molar-refractivity contribution in [3.63, 3.8) is 0 Å². The third-order valence-corrected chi connectivity index (χ3v) is 2.81. The molecule has 0 saturated heterocycles. The lowest BCUT2D eigenvalue weighted by Crippen LogP contribution is -2.15. The molecular weight excluding hydrogens is 204 g/mol. The van der Waals surface area contributed by atoms with E-state index in [1.54, 1.807) is 12.5 Å². The second-order valence-electron chi connectivity index (χ2n) is 4.24. The van der Waals surface area contributed by atoms with Gasteiger partial charge in [0.05, 0.1) is 12.4 Å². The fraction of sp³-hybridized carbons (Fsp3) is 0.500. The van der Waals surface area contributed by atoms with Gasteiger partial charge in [0.25, 0.3) is 0 Å². The number of imidazole rings is 1. The van der Waals surface area contributed by atoms with Crippen molar-refractivity contribution in [3.05, 3.63) is 29.9 Å². The molecule has 2 aromatic rings. The van der Waals surface area contributed by atoms with Gasteiger partial charge in [-0.1, -0.05) is 0 Å². The van der Waals surface area contributed by atoms with Gasteiger partial charge in [0, 0.05) is 24.2 Å². The van der Waals surface area contributed by atoms with Gasteiger partial charge in [-0.2, -0.15) is 5.10 Å². The molecule has 3 rings (SSSR count). The molecule has 0 unspecified atom stereocenters. The number of rotatable bonds is 4. The van der Waals surface area contributed by atoms with E-state index >= 15 is 0 Å². The minimum atomic E-state index is -0.177. The second-order valence-corrected chi connectivity index (χ2v) is 4.24. The monoisotopic (exact) mass is 218 g/mol. The Balaban J connectivity index is 1.70. The summed E-state index contributed by atoms with van der Waals surface area (Å²) in [6, 6.07) is -0.177. The fourth-order valence-electron chi connectivity index (χ4n) is 1.72. The molecule has 1 saturated carbocycles. The summed E-state index contributed by atoms with van der Waals surface area (Å²) in [6.07, 6.45) is 6.53. The van der Waals surface area contributed by atoms with E-state index in [0.29, 0.717) is 18.2 Å². The first-order valence-electron chi connectivity index (χ1n) is 5.48. The molecule has 6 heteroatoms. The molecule has 1 atom stereocenters. The summed E-state index contributed by atoms with van der Waals surface area (Å²) in [4.78, 5) is 11.4. The molecule has 1 aliphatic rings. The molecule has 0 amide bonds. The molecule has 2 heterocycles. The van der Waals surface area contributed by atoms with Gasteiger partial charge in [0.15, 0.2) is 5.82 Å². The molecule has 1 aliphatic carbocycles. The lowest BCUT2D eigenvalue weighted by molar-refractivity contribution is 0.661. The molecule has 0 aromatic carbocycles. The van der Waals surface area contributed by atoms with E-state index in [1.807, 2.05) is 0 Å². The van der Waals surface area contributed by atoms with E-state index in [2.05, 4.69) is 25.1 Å². The number of aromatic nitrogens is 5. The number of H-pyrrole nitrogens is 2. The highest BCUT2D eigenvalue weighted by Crippen LogP contribution is 2.37. The van der Waals surface area contributed by atoms with Crippen molar-refractivity contribution < 1.29 is 0 Å². The standard InChI is InChI=1S/C10H14N6/c11-8(3-7-4-12-5-13-7)10-14-9(15-16-10)6-1-2-6/h4-6,8H,1-3,11H2,(H,12,13)(H,14,15,16)/t8-/m1/s1. The van der Waals surface area contributed by atoms with Gasteiger partial charge < -0.3 is 10.7 Å². The van der Waals surface area contributed by atoms with Crippen LogP contribution in [0.2, 0.25) is 0 Å². The predicted octanol–water partition coefficient (Wildman–Crippen LogP) is 0.648. The van der Waals surface area contributed by atoms with Crippen molar-refractivity contribution in [2.75, 3.05) is 0 Å². The maximum Gasteiger partial charge on any atom is 0.167 e. The van der Waals surface area contributed by atoms with Crippen LogP contribution in [0, 0.1) is 0 Å². The topological polar surface area (TPSA) is 96.3 Å². The Morgan fingerprint density at radius 2 is 2.38 bits per heavy atom. The van der Waals surface area contributed by atoms with Crippen molar-refractivity contribution in [2.45, 2.75) is 31.2 Å². The van der Waals surface area contributed by atoms with Gasteiger partial charge in [-0.05, 0) is 12.8 Å². The summed E-state index contributed by atoms with van der Waals surface area (Å²) < 4.78 is 0. The Labute approximate surface area is 92.7 Å². The summed E-state index contributed by atoms with van der Waals surface area (Å²) in [5.74, 6) is 2.26. The van der Waals surface area contributed by atoms with E-state index in [-0.39, 0.29) is 6.04 Å². The zero-order chi connectivity index (χ0) is 11.0. The van der Waals surface area contributed by atoms with Gasteiger partial charge in [-0.15, -0.1) is 0 Å². The van der Waals surface area contributed by atoms with Crippen LogP contribution in [0.1, 0.15) is 42.1 Å². The molecule has 0 radical (unpaired) electrons. The van der Waals surface area contributed by atoms with Crippen molar-refractivity contribution in [1.82, 2.24) is 25.1 Å². The first-order chi connectivity index (χ1) is 7.83. The van der Waals surface area contributed by atoms with Crippen LogP contribution < -0.4 is 5.73 Å². The molecule has 6 nitrogen and oxygen atoms in total. The number of nitrogens with one attached hydrogen (secondary N) is 2. The van der Waals surface area contributed by atoms with E-state index in [0.717, 1.165) is 11.5 Å². The van der Waals surface area contributed by atoms with E-state index < -0.39 is 0 Å². The quantitative estimate of drug-likeness (QED) is 0.701. The van der Waals surface area contributed by atoms with Gasteiger partial charge in [-0.25, -0.2) is 9.97 Å². The Kier molecular flexibility index (Phi) is 2.21. The predicted molar refractivity (Wildman–Crippen MR) is 57.6 cm³/mol. The molecule has 84 valence electrons. The highest BCUT2D eigenvalue weighted by atomic mass is 15.2. The molecule has 0 spiro atoms. The highest BCUT2D eigenvalue weighted by molar-refractivity contribution is 5.08. The molecule has 1 fully saturated rings. The highest BCUT2D eigenvalue weighted by Gasteiger charge is 2.27. The van der Waals surface area contributed by atoms with Crippen molar-refractivity contribution >= 4 is 0 Å². The molecule has 16 heavy (non-hydrogen) atoms. The van der Waals surface area contributed by atoms with Crippen LogP contribution in [0.5, 0.6) is 0 Å². The average molecular weight is 218 g/mol. The van der Waals surface area contributed by atoms with Gasteiger partial charge in [0.1, 0.15) is 5.82 Å². The molecule has 2 aromatic heterocycles. The second kappa shape index (κ2) is 3.71. The number of hydrogen-bond donors (Lipinski definition) is 3. The molecular formula is C10H14N6. The number of nitrogens with zero attached hydrogens (tertiary/aromatic N) is 3. The van der Waals surface area contributed by atoms with Crippen molar-refractivity contribution in [1.29, 1.82) is 0 Å². The van der Waals surface area contributed by atoms with E-state index in [1.165, 1.54) is 12.8 Å². The summed E-state index contributed by atoms with van der Waals surface area (Å²) in [6.45, 7) is 0. The maximum atomic E-state index is 6.03. The van der Waals surface area contributed by atoms with Crippen LogP contribution >= 0.6 is 0 Å². The summed E-state index contributed by atoms with van der Waals surface area (Å²) in [5, 5.41) is 7.12. The fourth-order valence-corrected chi connectivity index (χ4v) is 1.72. The van der Waals surface area contributed by atoms with Crippen LogP contribution in [0.4, 0.5) is 0 Å². The molecule has 0 aliphatic heterocycles. The van der Waals surface area contributed by atoms with Crippen LogP contribution in [0.3, 0.4) is 0 Å². The van der Waals surface area contributed by atoms with Crippen molar-refractivity contribution in [2.24, 2.45) is 5.73 Å². The van der Waals surface area contributed by atoms with E-state index in [9.17, 15) is 0 Å². The minimum absolute atomic E-state index is 0.177. The largest absolute Gasteiger partial charge is 0.348 e.